The summed E-state index contributed by atoms with van der Waals surface area (Å²) >= 11 is 0. The van der Waals surface area contributed by atoms with Crippen molar-refractivity contribution >= 4 is 28.6 Å². The summed E-state index contributed by atoms with van der Waals surface area (Å²) in [6.07, 6.45) is 5.27. The molecule has 0 bridgehead atoms. The van der Waals surface area contributed by atoms with Crippen LogP contribution < -0.4 is 10.6 Å². The van der Waals surface area contributed by atoms with E-state index in [0.29, 0.717) is 19.1 Å². The Labute approximate surface area is 177 Å². The summed E-state index contributed by atoms with van der Waals surface area (Å²) in [7, 11) is 1.93. The topological polar surface area (TPSA) is 70.4 Å². The molecule has 0 radical (unpaired) electrons. The normalized spacial score (nSPS) is 16.6. The molecule has 4 rings (SSSR count). The van der Waals surface area contributed by atoms with Crippen LogP contribution in [0.25, 0.3) is 17.0 Å². The van der Waals surface area contributed by atoms with Gasteiger partial charge in [-0.2, -0.15) is 0 Å². The van der Waals surface area contributed by atoms with Gasteiger partial charge in [0.1, 0.15) is 17.2 Å². The van der Waals surface area contributed by atoms with Crippen LogP contribution in [0.2, 0.25) is 0 Å². The van der Waals surface area contributed by atoms with Crippen LogP contribution in [-0.4, -0.2) is 41.8 Å². The number of hydrogen-bond donors (Lipinski definition) is 2. The van der Waals surface area contributed by atoms with E-state index in [9.17, 15) is 4.79 Å². The van der Waals surface area contributed by atoms with Crippen molar-refractivity contribution in [2.45, 2.75) is 33.0 Å². The first-order valence-corrected chi connectivity index (χ1v) is 10.3. The second kappa shape index (κ2) is 8.81. The van der Waals surface area contributed by atoms with Crippen LogP contribution in [0.15, 0.2) is 47.0 Å². The van der Waals surface area contributed by atoms with Crippen LogP contribution in [0.3, 0.4) is 0 Å². The van der Waals surface area contributed by atoms with Crippen LogP contribution in [0.4, 0.5) is 5.82 Å². The highest BCUT2D eigenvalue weighted by atomic mass is 16.3. The van der Waals surface area contributed by atoms with Crippen molar-refractivity contribution in [1.82, 2.24) is 15.2 Å². The second-order valence-electron chi connectivity index (χ2n) is 8.06. The lowest BCUT2D eigenvalue weighted by Crippen LogP contribution is -2.29. The third kappa shape index (κ3) is 4.61. The minimum Gasteiger partial charge on any atom is -0.459 e. The van der Waals surface area contributed by atoms with Gasteiger partial charge in [0, 0.05) is 36.3 Å². The maximum absolute atomic E-state index is 12.5. The smallest absolute Gasteiger partial charge is 0.169 e. The highest BCUT2D eigenvalue weighted by molar-refractivity contribution is 5.95. The molecule has 2 N–H and O–H groups in total. The molecule has 0 saturated heterocycles. The first-order valence-electron chi connectivity index (χ1n) is 10.3. The average molecular weight is 405 g/mol. The van der Waals surface area contributed by atoms with Gasteiger partial charge in [-0.15, -0.1) is 0 Å². The molecule has 1 aliphatic rings. The lowest BCUT2D eigenvalue weighted by Gasteiger charge is -2.13. The second-order valence-corrected chi connectivity index (χ2v) is 8.06. The quantitative estimate of drug-likeness (QED) is 0.610. The maximum atomic E-state index is 12.5. The van der Waals surface area contributed by atoms with Gasteiger partial charge >= 0.3 is 0 Å². The molecule has 1 aromatic carbocycles. The molecule has 6 heteroatoms. The number of furan rings is 1. The number of likely N-dealkylation sites (N-methyl/N-ethyl adjacent to an activating group) is 1. The van der Waals surface area contributed by atoms with Gasteiger partial charge in [-0.05, 0) is 56.3 Å². The largest absolute Gasteiger partial charge is 0.459 e. The van der Waals surface area contributed by atoms with Crippen LogP contribution in [0, 0.1) is 6.92 Å². The number of fused-ring (bicyclic) bond motifs is 2. The fourth-order valence-corrected chi connectivity index (χ4v) is 3.70. The number of aromatic nitrogens is 1. The number of anilines is 1. The number of aryl methyl sites for hydroxylation is 1. The van der Waals surface area contributed by atoms with Gasteiger partial charge in [-0.25, -0.2) is 4.98 Å². The van der Waals surface area contributed by atoms with E-state index in [2.05, 4.69) is 41.6 Å². The standard InChI is InChI=1S/C24H28N4O2/c1-16-11-26-24-19(13-25-16)10-18(12-27-24)8-9-20(29)14-28(3)15-23-17(2)21-6-4-5-7-22(21)30-23/h4-10,12,16,25H,11,13-15H2,1-3H3,(H,26,27)/b9-8+/t16-/m1/s1. The summed E-state index contributed by atoms with van der Waals surface area (Å²) in [5.74, 6) is 1.86. The van der Waals surface area contributed by atoms with E-state index in [1.165, 1.54) is 0 Å². The number of nitrogens with one attached hydrogen (secondary N) is 2. The number of para-hydroxylation sites is 1. The number of hydrogen-bond acceptors (Lipinski definition) is 6. The zero-order chi connectivity index (χ0) is 21.1. The Morgan fingerprint density at radius 2 is 2.20 bits per heavy atom. The molecular weight excluding hydrogens is 376 g/mol. The molecule has 1 atom stereocenters. The third-order valence-corrected chi connectivity index (χ3v) is 5.45. The van der Waals surface area contributed by atoms with Crippen molar-refractivity contribution < 1.29 is 9.21 Å². The lowest BCUT2D eigenvalue weighted by atomic mass is 10.1. The molecule has 30 heavy (non-hydrogen) atoms. The van der Waals surface area contributed by atoms with Gasteiger partial charge in [0.15, 0.2) is 5.78 Å². The Bertz CT molecular complexity index is 1090. The van der Waals surface area contributed by atoms with Crippen molar-refractivity contribution in [2.24, 2.45) is 0 Å². The lowest BCUT2D eigenvalue weighted by molar-refractivity contribution is -0.115. The summed E-state index contributed by atoms with van der Waals surface area (Å²) in [6.45, 7) is 6.74. The number of pyridine rings is 1. The summed E-state index contributed by atoms with van der Waals surface area (Å²) in [6, 6.07) is 10.5. The molecule has 0 amide bonds. The van der Waals surface area contributed by atoms with Gasteiger partial charge in [-0.1, -0.05) is 18.2 Å². The number of carbonyl (C=O) groups is 1. The van der Waals surface area contributed by atoms with Crippen LogP contribution in [0.1, 0.15) is 29.4 Å². The molecule has 0 unspecified atom stereocenters. The van der Waals surface area contributed by atoms with Crippen molar-refractivity contribution in [2.75, 3.05) is 25.5 Å². The molecule has 156 valence electrons. The predicted molar refractivity (Wildman–Crippen MR) is 120 cm³/mol. The molecule has 6 nitrogen and oxygen atoms in total. The SMILES string of the molecule is Cc1c(CN(C)CC(=O)/C=C/c2cnc3c(c2)CN[C@H](C)CN3)oc2ccccc12. The van der Waals surface area contributed by atoms with Gasteiger partial charge in [0.25, 0.3) is 0 Å². The number of rotatable bonds is 6. The Balaban J connectivity index is 1.37. The Kier molecular flexibility index (Phi) is 5.97. The van der Waals surface area contributed by atoms with Crippen molar-refractivity contribution in [1.29, 1.82) is 0 Å². The zero-order valence-corrected chi connectivity index (χ0v) is 17.7. The van der Waals surface area contributed by atoms with Gasteiger partial charge in [0.05, 0.1) is 13.1 Å². The molecule has 0 fully saturated rings. The number of nitrogens with zero attached hydrogens (tertiary/aromatic N) is 2. The summed E-state index contributed by atoms with van der Waals surface area (Å²) in [5, 5.41) is 7.92. The van der Waals surface area contributed by atoms with E-state index in [1.54, 1.807) is 12.3 Å². The van der Waals surface area contributed by atoms with Gasteiger partial charge in [-0.3, -0.25) is 9.69 Å². The molecule has 3 heterocycles. The minimum atomic E-state index is 0.0473. The van der Waals surface area contributed by atoms with Crippen molar-refractivity contribution in [3.8, 4) is 0 Å². The van der Waals surface area contributed by atoms with Crippen LogP contribution >= 0.6 is 0 Å². The highest BCUT2D eigenvalue weighted by Crippen LogP contribution is 2.25. The van der Waals surface area contributed by atoms with E-state index in [-0.39, 0.29) is 5.78 Å². The fourth-order valence-electron chi connectivity index (χ4n) is 3.70. The molecule has 1 aliphatic heterocycles. The minimum absolute atomic E-state index is 0.0473. The fraction of sp³-hybridized carbons (Fsp3) is 0.333. The van der Waals surface area contributed by atoms with Crippen molar-refractivity contribution in [3.63, 3.8) is 0 Å². The molecule has 0 spiro atoms. The van der Waals surface area contributed by atoms with E-state index in [0.717, 1.165) is 52.3 Å². The first-order chi connectivity index (χ1) is 14.5. The number of ketones is 1. The molecule has 2 aromatic heterocycles. The molecule has 3 aromatic rings. The summed E-state index contributed by atoms with van der Waals surface area (Å²) < 4.78 is 5.96. The predicted octanol–water partition coefficient (Wildman–Crippen LogP) is 3.75. The first kappa shape index (κ1) is 20.3. The van der Waals surface area contributed by atoms with Crippen LogP contribution in [-0.2, 0) is 17.9 Å². The van der Waals surface area contributed by atoms with E-state index >= 15 is 0 Å². The van der Waals surface area contributed by atoms with Crippen molar-refractivity contribution in [3.05, 3.63) is 65.1 Å². The Morgan fingerprint density at radius 1 is 1.37 bits per heavy atom. The monoisotopic (exact) mass is 404 g/mol. The van der Waals surface area contributed by atoms with Gasteiger partial charge in [0.2, 0.25) is 0 Å². The highest BCUT2D eigenvalue weighted by Gasteiger charge is 2.14. The van der Waals surface area contributed by atoms with Gasteiger partial charge < -0.3 is 15.1 Å². The van der Waals surface area contributed by atoms with E-state index < -0.39 is 0 Å². The molecule has 0 aliphatic carbocycles. The summed E-state index contributed by atoms with van der Waals surface area (Å²) in [5.41, 5.74) is 4.06. The zero-order valence-electron chi connectivity index (χ0n) is 17.7. The van der Waals surface area contributed by atoms with Crippen LogP contribution in [0.5, 0.6) is 0 Å². The average Bonchev–Trinajstić information content (AvgIpc) is 2.92. The molecular formula is C24H28N4O2. The Morgan fingerprint density at radius 3 is 3.03 bits per heavy atom. The molecule has 0 saturated carbocycles. The number of benzene rings is 1. The van der Waals surface area contributed by atoms with E-state index in [1.807, 2.05) is 36.2 Å². The Hall–Kier alpha value is -2.96. The maximum Gasteiger partial charge on any atom is 0.169 e. The number of carbonyl (C=O) groups excluding carboxylic acids is 1. The third-order valence-electron chi connectivity index (χ3n) is 5.45. The van der Waals surface area contributed by atoms with E-state index in [4.69, 9.17) is 4.42 Å². The summed E-state index contributed by atoms with van der Waals surface area (Å²) in [4.78, 5) is 18.9.